The Kier molecular flexibility index (Phi) is 6.43. The summed E-state index contributed by atoms with van der Waals surface area (Å²) in [6.07, 6.45) is 1.56. The number of fused-ring (bicyclic) bond motifs is 1. The van der Waals surface area contributed by atoms with Crippen LogP contribution in [-0.2, 0) is 16.1 Å². The highest BCUT2D eigenvalue weighted by Crippen LogP contribution is 2.28. The molecule has 0 saturated carbocycles. The van der Waals surface area contributed by atoms with Crippen molar-refractivity contribution in [2.45, 2.75) is 19.5 Å². The Labute approximate surface area is 168 Å². The molecule has 0 aliphatic heterocycles. The van der Waals surface area contributed by atoms with Gasteiger partial charge in [0.1, 0.15) is 10.8 Å². The van der Waals surface area contributed by atoms with Crippen LogP contribution >= 0.6 is 11.3 Å². The molecule has 0 spiro atoms. The molecule has 2 aromatic heterocycles. The number of furan rings is 1. The largest absolute Gasteiger partial charge is 0.467 e. The quantitative estimate of drug-likeness (QED) is 0.629. The fourth-order valence-electron chi connectivity index (χ4n) is 2.69. The second-order valence-electron chi connectivity index (χ2n) is 6.72. The second-order valence-corrected chi connectivity index (χ2v) is 7.78. The molecule has 1 atom stereocenters. The molecule has 28 heavy (non-hydrogen) atoms. The average Bonchev–Trinajstić information content (AvgIpc) is 3.34. The van der Waals surface area contributed by atoms with Crippen LogP contribution in [0.3, 0.4) is 0 Å². The topological polar surface area (TPSA) is 78.7 Å². The number of carbonyl (C=O) groups is 2. The fraction of sp³-hybridized carbons (Fsp3) is 0.350. The Balaban J connectivity index is 1.50. The van der Waals surface area contributed by atoms with Crippen LogP contribution in [0.5, 0.6) is 0 Å². The molecule has 0 saturated heterocycles. The van der Waals surface area contributed by atoms with E-state index in [1.807, 2.05) is 43.1 Å². The highest BCUT2D eigenvalue weighted by Gasteiger charge is 2.21. The van der Waals surface area contributed by atoms with Crippen molar-refractivity contribution in [3.05, 3.63) is 53.4 Å². The lowest BCUT2D eigenvalue weighted by atomic mass is 10.3. The third-order valence-corrected chi connectivity index (χ3v) is 5.77. The molecule has 0 aliphatic carbocycles. The van der Waals surface area contributed by atoms with Crippen LogP contribution in [0.4, 0.5) is 0 Å². The Bertz CT molecular complexity index is 905. The predicted octanol–water partition coefficient (Wildman–Crippen LogP) is 2.66. The number of nitrogens with zero attached hydrogens (tertiary/aromatic N) is 3. The van der Waals surface area contributed by atoms with E-state index in [1.54, 1.807) is 36.8 Å². The van der Waals surface area contributed by atoms with Gasteiger partial charge >= 0.3 is 0 Å². The van der Waals surface area contributed by atoms with Gasteiger partial charge in [-0.2, -0.15) is 0 Å². The highest BCUT2D eigenvalue weighted by atomic mass is 32.1. The molecule has 0 unspecified atom stereocenters. The maximum Gasteiger partial charge on any atom is 0.239 e. The van der Waals surface area contributed by atoms with Crippen LogP contribution in [0, 0.1) is 0 Å². The first-order chi connectivity index (χ1) is 13.4. The number of nitrogens with one attached hydrogen (secondary N) is 1. The number of likely N-dealkylation sites (N-methyl/N-ethyl adjacent to an activating group) is 2. The molecule has 7 nitrogen and oxygen atoms in total. The summed E-state index contributed by atoms with van der Waals surface area (Å²) < 4.78 is 6.31. The van der Waals surface area contributed by atoms with Crippen LogP contribution in [0.15, 0.2) is 47.1 Å². The number of benzene rings is 1. The zero-order chi connectivity index (χ0) is 20.1. The molecule has 3 rings (SSSR count). The van der Waals surface area contributed by atoms with Gasteiger partial charge in [0.15, 0.2) is 0 Å². The minimum absolute atomic E-state index is 0.00234. The van der Waals surface area contributed by atoms with Gasteiger partial charge in [-0.15, -0.1) is 11.3 Å². The molecule has 8 heteroatoms. The van der Waals surface area contributed by atoms with Crippen molar-refractivity contribution in [2.24, 2.45) is 0 Å². The van der Waals surface area contributed by atoms with E-state index in [2.05, 4.69) is 10.3 Å². The average molecular weight is 401 g/mol. The van der Waals surface area contributed by atoms with Crippen LogP contribution in [0.2, 0.25) is 0 Å². The Morgan fingerprint density at radius 2 is 1.96 bits per heavy atom. The molecule has 3 aromatic rings. The molecule has 1 N–H and O–H groups in total. The van der Waals surface area contributed by atoms with Crippen molar-refractivity contribution >= 4 is 33.4 Å². The standard InChI is InChI=1S/C20H24N4O3S/c1-14(20-22-16-8-4-5-9-17(16)28-20)23(2)13-19(26)24(3)12-18(25)21-11-15-7-6-10-27-15/h4-10,14H,11-13H2,1-3H3,(H,21,25)/t14-/m0/s1. The Morgan fingerprint density at radius 3 is 2.68 bits per heavy atom. The molecule has 0 aliphatic rings. The van der Waals surface area contributed by atoms with E-state index in [-0.39, 0.29) is 30.9 Å². The summed E-state index contributed by atoms with van der Waals surface area (Å²) >= 11 is 1.63. The van der Waals surface area contributed by atoms with Crippen molar-refractivity contribution in [3.8, 4) is 0 Å². The number of carbonyl (C=O) groups excluding carboxylic acids is 2. The molecule has 2 heterocycles. The van der Waals surface area contributed by atoms with Gasteiger partial charge in [-0.05, 0) is 38.2 Å². The van der Waals surface area contributed by atoms with E-state index < -0.39 is 0 Å². The molecule has 0 bridgehead atoms. The van der Waals surface area contributed by atoms with Gasteiger partial charge in [0.2, 0.25) is 11.8 Å². The molecular weight excluding hydrogens is 376 g/mol. The number of thiazole rings is 1. The predicted molar refractivity (Wildman–Crippen MR) is 109 cm³/mol. The fourth-order valence-corrected chi connectivity index (χ4v) is 3.77. The molecule has 2 amide bonds. The number of hydrogen-bond donors (Lipinski definition) is 1. The van der Waals surface area contributed by atoms with E-state index in [0.717, 1.165) is 15.2 Å². The Hall–Kier alpha value is -2.71. The second kappa shape index (κ2) is 8.99. The van der Waals surface area contributed by atoms with Crippen molar-refractivity contribution < 1.29 is 14.0 Å². The first-order valence-electron chi connectivity index (χ1n) is 9.03. The molecule has 1 aromatic carbocycles. The summed E-state index contributed by atoms with van der Waals surface area (Å²) in [5, 5.41) is 3.71. The first-order valence-corrected chi connectivity index (χ1v) is 9.84. The minimum atomic E-state index is -0.228. The van der Waals surface area contributed by atoms with E-state index in [4.69, 9.17) is 4.42 Å². The highest BCUT2D eigenvalue weighted by molar-refractivity contribution is 7.18. The van der Waals surface area contributed by atoms with Gasteiger partial charge in [-0.1, -0.05) is 12.1 Å². The maximum absolute atomic E-state index is 12.5. The van der Waals surface area contributed by atoms with E-state index in [1.165, 1.54) is 4.90 Å². The summed E-state index contributed by atoms with van der Waals surface area (Å²) in [6.45, 7) is 2.55. The SMILES string of the molecule is C[C@@H](c1nc2ccccc2s1)N(C)CC(=O)N(C)CC(=O)NCc1ccco1. The third kappa shape index (κ3) is 4.96. The van der Waals surface area contributed by atoms with Gasteiger partial charge in [-0.3, -0.25) is 14.5 Å². The number of para-hydroxylation sites is 1. The lowest BCUT2D eigenvalue weighted by molar-refractivity contribution is -0.135. The van der Waals surface area contributed by atoms with Crippen LogP contribution in [0.1, 0.15) is 23.7 Å². The Morgan fingerprint density at radius 1 is 1.18 bits per heavy atom. The van der Waals surface area contributed by atoms with E-state index in [9.17, 15) is 9.59 Å². The molecule has 148 valence electrons. The maximum atomic E-state index is 12.5. The normalized spacial score (nSPS) is 12.3. The number of amides is 2. The smallest absolute Gasteiger partial charge is 0.239 e. The number of aromatic nitrogens is 1. The lowest BCUT2D eigenvalue weighted by Crippen LogP contribution is -2.42. The van der Waals surface area contributed by atoms with Crippen molar-refractivity contribution in [1.82, 2.24) is 20.1 Å². The summed E-state index contributed by atoms with van der Waals surface area (Å²) in [6, 6.07) is 11.5. The summed E-state index contributed by atoms with van der Waals surface area (Å²) in [5.41, 5.74) is 0.972. The molecular formula is C20H24N4O3S. The lowest BCUT2D eigenvalue weighted by Gasteiger charge is -2.25. The summed E-state index contributed by atoms with van der Waals surface area (Å²) in [4.78, 5) is 32.6. The van der Waals surface area contributed by atoms with Crippen LogP contribution in [0.25, 0.3) is 10.2 Å². The molecule has 0 radical (unpaired) electrons. The van der Waals surface area contributed by atoms with Gasteiger partial charge < -0.3 is 14.6 Å². The summed E-state index contributed by atoms with van der Waals surface area (Å²) in [5.74, 6) is 0.324. The zero-order valence-corrected chi connectivity index (χ0v) is 17.0. The molecule has 0 fully saturated rings. The van der Waals surface area contributed by atoms with Crippen molar-refractivity contribution in [3.63, 3.8) is 0 Å². The monoisotopic (exact) mass is 400 g/mol. The van der Waals surface area contributed by atoms with Gasteiger partial charge in [0.05, 0.1) is 42.2 Å². The van der Waals surface area contributed by atoms with Crippen molar-refractivity contribution in [1.29, 1.82) is 0 Å². The zero-order valence-electron chi connectivity index (χ0n) is 16.2. The van der Waals surface area contributed by atoms with Gasteiger partial charge in [0.25, 0.3) is 0 Å². The number of hydrogen-bond acceptors (Lipinski definition) is 6. The summed E-state index contributed by atoms with van der Waals surface area (Å²) in [7, 11) is 3.52. The third-order valence-electron chi connectivity index (χ3n) is 4.56. The van der Waals surface area contributed by atoms with Gasteiger partial charge in [-0.25, -0.2) is 4.98 Å². The van der Waals surface area contributed by atoms with E-state index >= 15 is 0 Å². The van der Waals surface area contributed by atoms with Gasteiger partial charge in [0, 0.05) is 7.05 Å². The van der Waals surface area contributed by atoms with Crippen molar-refractivity contribution in [2.75, 3.05) is 27.2 Å². The number of rotatable bonds is 8. The first kappa shape index (κ1) is 20.0. The van der Waals surface area contributed by atoms with Crippen LogP contribution < -0.4 is 5.32 Å². The minimum Gasteiger partial charge on any atom is -0.467 e. The van der Waals surface area contributed by atoms with Crippen LogP contribution in [-0.4, -0.2) is 53.8 Å². The van der Waals surface area contributed by atoms with E-state index in [0.29, 0.717) is 12.3 Å².